The van der Waals surface area contributed by atoms with Crippen molar-refractivity contribution in [3.05, 3.63) is 22.8 Å². The molecule has 0 spiro atoms. The summed E-state index contributed by atoms with van der Waals surface area (Å²) in [5.41, 5.74) is 6.81. The highest BCUT2D eigenvalue weighted by atomic mass is 35.5. The van der Waals surface area contributed by atoms with Gasteiger partial charge in [-0.1, -0.05) is 25.4 Å². The molecule has 1 atom stereocenters. The van der Waals surface area contributed by atoms with Gasteiger partial charge in [-0.05, 0) is 37.1 Å². The van der Waals surface area contributed by atoms with E-state index in [1.165, 1.54) is 0 Å². The molecule has 0 bridgehead atoms. The first-order valence-electron chi connectivity index (χ1n) is 5.24. The summed E-state index contributed by atoms with van der Waals surface area (Å²) < 4.78 is 0. The molecule has 0 aliphatic carbocycles. The number of halogens is 1. The molecule has 4 heteroatoms. The Balaban J connectivity index is 2.59. The molecule has 1 aromatic rings. The molecule has 0 amide bonds. The largest absolute Gasteiger partial charge is 0.383 e. The predicted molar refractivity (Wildman–Crippen MR) is 65.1 cm³/mol. The van der Waals surface area contributed by atoms with E-state index in [2.05, 4.69) is 24.1 Å². The Labute approximate surface area is 96.0 Å². The monoisotopic (exact) mass is 227 g/mol. The third-order valence-corrected chi connectivity index (χ3v) is 2.49. The van der Waals surface area contributed by atoms with Gasteiger partial charge in [-0.2, -0.15) is 0 Å². The first-order chi connectivity index (χ1) is 7.13. The van der Waals surface area contributed by atoms with Gasteiger partial charge in [-0.15, -0.1) is 0 Å². The van der Waals surface area contributed by atoms with Gasteiger partial charge in [0.1, 0.15) is 5.82 Å². The second-order valence-corrected chi connectivity index (χ2v) is 4.25. The van der Waals surface area contributed by atoms with Crippen LogP contribution < -0.4 is 11.1 Å². The summed E-state index contributed by atoms with van der Waals surface area (Å²) in [5, 5.41) is 3.96. The number of nitrogens with two attached hydrogens (primary N) is 1. The molecule has 0 saturated heterocycles. The number of nitrogens with one attached hydrogen (secondary N) is 1. The first kappa shape index (κ1) is 12.3. The standard InChI is InChI=1S/C11H18ClN3/c1-3-14-6-8(2)4-9-5-10(12)7-15-11(9)13/h5,7-8,14H,3-4,6H2,1-2H3,(H2,13,15). The van der Waals surface area contributed by atoms with Gasteiger partial charge in [-0.3, -0.25) is 0 Å². The van der Waals surface area contributed by atoms with Crippen molar-refractivity contribution in [1.29, 1.82) is 0 Å². The average molecular weight is 228 g/mol. The summed E-state index contributed by atoms with van der Waals surface area (Å²) in [6.07, 6.45) is 2.49. The van der Waals surface area contributed by atoms with Crippen LogP contribution >= 0.6 is 11.6 Å². The van der Waals surface area contributed by atoms with Crippen LogP contribution in [0.25, 0.3) is 0 Å². The van der Waals surface area contributed by atoms with Crippen LogP contribution in [-0.2, 0) is 6.42 Å². The second kappa shape index (κ2) is 5.93. The van der Waals surface area contributed by atoms with Gasteiger partial charge in [0.15, 0.2) is 0 Å². The Kier molecular flexibility index (Phi) is 4.85. The molecule has 1 aromatic heterocycles. The molecule has 15 heavy (non-hydrogen) atoms. The Morgan fingerprint density at radius 2 is 2.33 bits per heavy atom. The lowest BCUT2D eigenvalue weighted by Gasteiger charge is -2.13. The van der Waals surface area contributed by atoms with E-state index in [0.29, 0.717) is 16.8 Å². The van der Waals surface area contributed by atoms with Gasteiger partial charge in [-0.25, -0.2) is 4.98 Å². The SMILES string of the molecule is CCNCC(C)Cc1cc(Cl)cnc1N. The van der Waals surface area contributed by atoms with Gasteiger partial charge in [0, 0.05) is 6.20 Å². The van der Waals surface area contributed by atoms with E-state index in [1.54, 1.807) is 6.20 Å². The van der Waals surface area contributed by atoms with Gasteiger partial charge in [0.25, 0.3) is 0 Å². The Morgan fingerprint density at radius 1 is 1.60 bits per heavy atom. The molecule has 0 aliphatic rings. The number of anilines is 1. The van der Waals surface area contributed by atoms with Crippen LogP contribution in [0, 0.1) is 5.92 Å². The van der Waals surface area contributed by atoms with Gasteiger partial charge in [0.05, 0.1) is 5.02 Å². The predicted octanol–water partition coefficient (Wildman–Crippen LogP) is 2.11. The number of aromatic nitrogens is 1. The van der Waals surface area contributed by atoms with Crippen molar-refractivity contribution in [1.82, 2.24) is 10.3 Å². The minimum atomic E-state index is 0.535. The van der Waals surface area contributed by atoms with E-state index >= 15 is 0 Å². The van der Waals surface area contributed by atoms with E-state index in [4.69, 9.17) is 17.3 Å². The van der Waals surface area contributed by atoms with Crippen LogP contribution in [0.1, 0.15) is 19.4 Å². The van der Waals surface area contributed by atoms with Crippen molar-refractivity contribution >= 4 is 17.4 Å². The summed E-state index contributed by atoms with van der Waals surface area (Å²) in [4.78, 5) is 4.04. The Bertz CT molecular complexity index is 315. The van der Waals surface area contributed by atoms with Gasteiger partial charge >= 0.3 is 0 Å². The first-order valence-corrected chi connectivity index (χ1v) is 5.62. The molecule has 1 rings (SSSR count). The molecular weight excluding hydrogens is 210 g/mol. The number of rotatable bonds is 5. The van der Waals surface area contributed by atoms with Crippen LogP contribution in [0.15, 0.2) is 12.3 Å². The Morgan fingerprint density at radius 3 is 3.00 bits per heavy atom. The number of hydrogen-bond acceptors (Lipinski definition) is 3. The fourth-order valence-electron chi connectivity index (χ4n) is 1.49. The molecule has 0 saturated carbocycles. The third kappa shape index (κ3) is 4.06. The smallest absolute Gasteiger partial charge is 0.126 e. The summed E-state index contributed by atoms with van der Waals surface area (Å²) in [7, 11) is 0. The number of nitrogens with zero attached hydrogens (tertiary/aromatic N) is 1. The number of hydrogen-bond donors (Lipinski definition) is 2. The summed E-state index contributed by atoms with van der Waals surface area (Å²) >= 11 is 5.87. The maximum absolute atomic E-state index is 5.87. The zero-order valence-electron chi connectivity index (χ0n) is 9.26. The normalized spacial score (nSPS) is 12.7. The minimum Gasteiger partial charge on any atom is -0.383 e. The second-order valence-electron chi connectivity index (χ2n) is 3.81. The fourth-order valence-corrected chi connectivity index (χ4v) is 1.67. The van der Waals surface area contributed by atoms with E-state index in [0.717, 1.165) is 25.1 Å². The van der Waals surface area contributed by atoms with E-state index in [1.807, 2.05) is 6.07 Å². The molecule has 1 unspecified atom stereocenters. The van der Waals surface area contributed by atoms with Crippen molar-refractivity contribution in [2.24, 2.45) is 5.92 Å². The summed E-state index contributed by atoms with van der Waals surface area (Å²) in [5.74, 6) is 1.12. The van der Waals surface area contributed by atoms with E-state index in [9.17, 15) is 0 Å². The zero-order valence-corrected chi connectivity index (χ0v) is 10.0. The lowest BCUT2D eigenvalue weighted by atomic mass is 10.0. The topological polar surface area (TPSA) is 50.9 Å². The van der Waals surface area contributed by atoms with Crippen molar-refractivity contribution in [2.75, 3.05) is 18.8 Å². The summed E-state index contributed by atoms with van der Waals surface area (Å²) in [6.45, 7) is 6.26. The molecular formula is C11H18ClN3. The summed E-state index contributed by atoms with van der Waals surface area (Å²) in [6, 6.07) is 1.90. The van der Waals surface area contributed by atoms with Crippen LogP contribution in [0.3, 0.4) is 0 Å². The maximum atomic E-state index is 5.87. The molecule has 0 aromatic carbocycles. The van der Waals surface area contributed by atoms with Gasteiger partial charge < -0.3 is 11.1 Å². The van der Waals surface area contributed by atoms with Crippen molar-refractivity contribution in [2.45, 2.75) is 20.3 Å². The van der Waals surface area contributed by atoms with Crippen LogP contribution in [-0.4, -0.2) is 18.1 Å². The lowest BCUT2D eigenvalue weighted by molar-refractivity contribution is 0.521. The highest BCUT2D eigenvalue weighted by molar-refractivity contribution is 6.30. The molecule has 3 N–H and O–H groups in total. The minimum absolute atomic E-state index is 0.535. The van der Waals surface area contributed by atoms with E-state index in [-0.39, 0.29) is 0 Å². The van der Waals surface area contributed by atoms with Gasteiger partial charge in [0.2, 0.25) is 0 Å². The Hall–Kier alpha value is -0.800. The van der Waals surface area contributed by atoms with Crippen molar-refractivity contribution < 1.29 is 0 Å². The lowest BCUT2D eigenvalue weighted by Crippen LogP contribution is -2.22. The molecule has 84 valence electrons. The molecule has 0 radical (unpaired) electrons. The maximum Gasteiger partial charge on any atom is 0.126 e. The zero-order chi connectivity index (χ0) is 11.3. The van der Waals surface area contributed by atoms with Crippen LogP contribution in [0.5, 0.6) is 0 Å². The fraction of sp³-hybridized carbons (Fsp3) is 0.545. The molecule has 1 heterocycles. The third-order valence-electron chi connectivity index (χ3n) is 2.28. The van der Waals surface area contributed by atoms with Crippen molar-refractivity contribution in [3.63, 3.8) is 0 Å². The van der Waals surface area contributed by atoms with Crippen molar-refractivity contribution in [3.8, 4) is 0 Å². The highest BCUT2D eigenvalue weighted by Gasteiger charge is 2.07. The highest BCUT2D eigenvalue weighted by Crippen LogP contribution is 2.18. The van der Waals surface area contributed by atoms with E-state index < -0.39 is 0 Å². The molecule has 3 nitrogen and oxygen atoms in total. The van der Waals surface area contributed by atoms with Crippen LogP contribution in [0.2, 0.25) is 5.02 Å². The number of pyridine rings is 1. The number of nitrogen functional groups attached to an aromatic ring is 1. The van der Waals surface area contributed by atoms with Crippen LogP contribution in [0.4, 0.5) is 5.82 Å². The molecule has 0 fully saturated rings. The average Bonchev–Trinajstić information content (AvgIpc) is 2.20. The quantitative estimate of drug-likeness (QED) is 0.810. The molecule has 0 aliphatic heterocycles.